The van der Waals surface area contributed by atoms with Crippen LogP contribution in [0.1, 0.15) is 37.4 Å². The Balaban J connectivity index is 1.62. The van der Waals surface area contributed by atoms with E-state index < -0.39 is 5.97 Å². The second-order valence-corrected chi connectivity index (χ2v) is 8.59. The van der Waals surface area contributed by atoms with E-state index >= 15 is 0 Å². The lowest BCUT2D eigenvalue weighted by Crippen LogP contribution is -2.25. The molecule has 1 aliphatic carbocycles. The topological polar surface area (TPSA) is 88.7 Å². The number of hydrogen-bond acceptors (Lipinski definition) is 6. The van der Waals surface area contributed by atoms with E-state index in [0.717, 1.165) is 39.5 Å². The molecule has 1 aromatic heterocycles. The molecule has 7 nitrogen and oxygen atoms in total. The number of fused-ring (bicyclic) bond motifs is 1. The van der Waals surface area contributed by atoms with Crippen LogP contribution in [0, 0.1) is 6.57 Å². The molecule has 0 spiro atoms. The van der Waals surface area contributed by atoms with Crippen molar-refractivity contribution < 1.29 is 14.6 Å². The van der Waals surface area contributed by atoms with Crippen LogP contribution in [0.5, 0.6) is 5.75 Å². The minimum absolute atomic E-state index is 0.00604. The van der Waals surface area contributed by atoms with Gasteiger partial charge >= 0.3 is 5.97 Å². The molecule has 158 valence electrons. The Morgan fingerprint density at radius 3 is 2.87 bits per heavy atom. The smallest absolute Gasteiger partial charge is 0.317 e. The highest BCUT2D eigenvalue weighted by atomic mass is 32.1. The summed E-state index contributed by atoms with van der Waals surface area (Å²) in [5, 5.41) is 22.4. The maximum Gasteiger partial charge on any atom is 0.317 e. The lowest BCUT2D eigenvalue weighted by atomic mass is 10.0. The fourth-order valence-corrected chi connectivity index (χ4v) is 4.71. The van der Waals surface area contributed by atoms with E-state index in [-0.39, 0.29) is 18.7 Å². The first kappa shape index (κ1) is 21.0. The van der Waals surface area contributed by atoms with Crippen molar-refractivity contribution in [3.05, 3.63) is 58.9 Å². The maximum atomic E-state index is 10.9. The number of hydrogen-bond donors (Lipinski definition) is 2. The Labute approximate surface area is 184 Å². The summed E-state index contributed by atoms with van der Waals surface area (Å²) in [6.07, 6.45) is 1.71. The normalized spacial score (nSPS) is 15.0. The highest BCUT2D eigenvalue weighted by Crippen LogP contribution is 2.41. The molecule has 3 aromatic rings. The van der Waals surface area contributed by atoms with E-state index in [9.17, 15) is 4.79 Å². The van der Waals surface area contributed by atoms with E-state index in [2.05, 4.69) is 20.4 Å². The van der Waals surface area contributed by atoms with Gasteiger partial charge in [0, 0.05) is 17.2 Å². The lowest BCUT2D eigenvalue weighted by Gasteiger charge is -2.13. The number of carboxylic acids is 1. The third kappa shape index (κ3) is 4.43. The average molecular weight is 435 g/mol. The van der Waals surface area contributed by atoms with Gasteiger partial charge in [-0.1, -0.05) is 35.6 Å². The van der Waals surface area contributed by atoms with Gasteiger partial charge in [0.1, 0.15) is 15.8 Å². The summed E-state index contributed by atoms with van der Waals surface area (Å²) >= 11 is 1.48. The molecule has 1 aliphatic rings. The van der Waals surface area contributed by atoms with E-state index in [1.165, 1.54) is 16.9 Å². The summed E-state index contributed by atoms with van der Waals surface area (Å²) in [6, 6.07) is 11.6. The Morgan fingerprint density at radius 2 is 2.13 bits per heavy atom. The highest BCUT2D eigenvalue weighted by molar-refractivity contribution is 7.17. The van der Waals surface area contributed by atoms with Crippen molar-refractivity contribution in [3.8, 4) is 26.9 Å². The van der Waals surface area contributed by atoms with Crippen molar-refractivity contribution >= 4 is 23.0 Å². The molecule has 0 saturated carbocycles. The van der Waals surface area contributed by atoms with Crippen LogP contribution >= 0.6 is 11.3 Å². The molecular weight excluding hydrogens is 412 g/mol. The minimum atomic E-state index is -0.859. The number of nitrogens with one attached hydrogen (secondary N) is 1. The number of ether oxygens (including phenoxy) is 1. The largest absolute Gasteiger partial charge is 0.502 e. The summed E-state index contributed by atoms with van der Waals surface area (Å²) in [5.41, 5.74) is 4.64. The number of carbonyl (C=O) groups is 1. The monoisotopic (exact) mass is 434 g/mol. The fraction of sp³-hybridized carbons (Fsp3) is 0.304. The maximum absolute atomic E-state index is 10.9. The van der Waals surface area contributed by atoms with Gasteiger partial charge in [0.2, 0.25) is 5.69 Å². The van der Waals surface area contributed by atoms with Crippen LogP contribution in [0.4, 0.5) is 5.69 Å². The van der Waals surface area contributed by atoms with Crippen molar-refractivity contribution in [3.63, 3.8) is 0 Å². The number of aromatic nitrogens is 2. The summed E-state index contributed by atoms with van der Waals surface area (Å²) < 4.78 is 5.71. The highest BCUT2D eigenvalue weighted by Gasteiger charge is 2.26. The van der Waals surface area contributed by atoms with Crippen LogP contribution in [-0.2, 0) is 11.2 Å². The van der Waals surface area contributed by atoms with Gasteiger partial charge < -0.3 is 15.2 Å². The van der Waals surface area contributed by atoms with Crippen LogP contribution in [0.2, 0.25) is 0 Å². The second-order valence-electron chi connectivity index (χ2n) is 7.61. The van der Waals surface area contributed by atoms with Crippen LogP contribution in [0.25, 0.3) is 26.0 Å². The first-order chi connectivity index (χ1) is 15.0. The zero-order chi connectivity index (χ0) is 22.0. The Bertz CT molecular complexity index is 1170. The van der Waals surface area contributed by atoms with Crippen molar-refractivity contribution in [2.45, 2.75) is 38.8 Å². The predicted molar refractivity (Wildman–Crippen MR) is 120 cm³/mol. The van der Waals surface area contributed by atoms with E-state index in [1.54, 1.807) is 6.07 Å². The average Bonchev–Trinajstić information content (AvgIpc) is 3.39. The second kappa shape index (κ2) is 8.84. The van der Waals surface area contributed by atoms with Crippen molar-refractivity contribution in [1.82, 2.24) is 15.5 Å². The van der Waals surface area contributed by atoms with Gasteiger partial charge in [0.25, 0.3) is 0 Å². The standard InChI is InChI=1S/C23H22N4O3S/c1-13(2)30-20-10-7-14(11-19(20)24-3)22-26-27-23(31-22)17-6-4-5-16-15(17)8-9-18(16)25-12-21(28)29/h4-7,10-11,13,18,25H,8-9,12H2,1-2H3,(H,28,29)/t18-/m1/s1. The number of rotatable bonds is 7. The molecule has 2 N–H and O–H groups in total. The first-order valence-electron chi connectivity index (χ1n) is 10.1. The van der Waals surface area contributed by atoms with Gasteiger partial charge in [-0.3, -0.25) is 4.79 Å². The van der Waals surface area contributed by atoms with Crippen LogP contribution in [0.15, 0.2) is 36.4 Å². The number of benzene rings is 2. The molecule has 0 aliphatic heterocycles. The zero-order valence-corrected chi connectivity index (χ0v) is 18.1. The third-order valence-electron chi connectivity index (χ3n) is 5.11. The third-order valence-corrected chi connectivity index (χ3v) is 6.12. The first-order valence-corrected chi connectivity index (χ1v) is 10.9. The molecule has 31 heavy (non-hydrogen) atoms. The van der Waals surface area contributed by atoms with Gasteiger partial charge in [0.05, 0.1) is 19.2 Å². The molecule has 8 heteroatoms. The van der Waals surface area contributed by atoms with E-state index in [4.69, 9.17) is 16.4 Å². The summed E-state index contributed by atoms with van der Waals surface area (Å²) in [7, 11) is 0. The molecule has 0 bridgehead atoms. The number of aliphatic carboxylic acids is 1. The summed E-state index contributed by atoms with van der Waals surface area (Å²) in [5.74, 6) is -0.291. The van der Waals surface area contributed by atoms with Gasteiger partial charge in [-0.15, -0.1) is 10.2 Å². The molecule has 1 atom stereocenters. The molecule has 0 radical (unpaired) electrons. The summed E-state index contributed by atoms with van der Waals surface area (Å²) in [6.45, 7) is 11.3. The molecule has 1 heterocycles. The zero-order valence-electron chi connectivity index (χ0n) is 17.3. The van der Waals surface area contributed by atoms with Crippen LogP contribution in [-0.4, -0.2) is 33.9 Å². The van der Waals surface area contributed by atoms with E-state index in [1.807, 2.05) is 44.2 Å². The van der Waals surface area contributed by atoms with Crippen LogP contribution in [0.3, 0.4) is 0 Å². The molecule has 4 rings (SSSR count). The lowest BCUT2D eigenvalue weighted by molar-refractivity contribution is -0.136. The predicted octanol–water partition coefficient (Wildman–Crippen LogP) is 4.87. The van der Waals surface area contributed by atoms with Gasteiger partial charge in [-0.2, -0.15) is 0 Å². The molecular formula is C23H22N4O3S. The molecule has 0 unspecified atom stereocenters. The number of carboxylic acid groups (broad SMARTS) is 1. The van der Waals surface area contributed by atoms with Crippen LogP contribution < -0.4 is 10.1 Å². The molecule has 0 amide bonds. The minimum Gasteiger partial charge on any atom is -0.502 e. The molecule has 0 saturated heterocycles. The van der Waals surface area contributed by atoms with Crippen molar-refractivity contribution in [1.29, 1.82) is 0 Å². The number of nitrogens with zero attached hydrogens (tertiary/aromatic N) is 3. The fourth-order valence-electron chi connectivity index (χ4n) is 3.82. The van der Waals surface area contributed by atoms with E-state index in [0.29, 0.717) is 11.4 Å². The Hall–Kier alpha value is -3.28. The van der Waals surface area contributed by atoms with Crippen molar-refractivity contribution in [2.24, 2.45) is 0 Å². The van der Waals surface area contributed by atoms with Crippen molar-refractivity contribution in [2.75, 3.05) is 6.54 Å². The SMILES string of the molecule is [C-]#[N+]c1cc(-c2nnc(-c3cccc4c3CC[C@H]4NCC(=O)O)s2)ccc1OC(C)C. The van der Waals surface area contributed by atoms with Gasteiger partial charge in [-0.05, 0) is 49.9 Å². The van der Waals surface area contributed by atoms with Gasteiger partial charge in [0.15, 0.2) is 0 Å². The Kier molecular flexibility index (Phi) is 5.98. The molecule has 0 fully saturated rings. The Morgan fingerprint density at radius 1 is 1.32 bits per heavy atom. The quantitative estimate of drug-likeness (QED) is 0.516. The van der Waals surface area contributed by atoms with Gasteiger partial charge in [-0.25, -0.2) is 4.85 Å². The summed E-state index contributed by atoms with van der Waals surface area (Å²) in [4.78, 5) is 14.5. The molecule has 2 aromatic carbocycles.